The van der Waals surface area contributed by atoms with Gasteiger partial charge in [0.1, 0.15) is 0 Å². The number of nitrogen functional groups attached to an aromatic ring is 1. The molecule has 92 valence electrons. The molecule has 0 aliphatic carbocycles. The van der Waals surface area contributed by atoms with Crippen molar-refractivity contribution >= 4 is 11.6 Å². The highest BCUT2D eigenvalue weighted by Gasteiger charge is 2.17. The smallest absolute Gasteiger partial charge is 0.253 e. The first-order chi connectivity index (χ1) is 8.16. The number of nitrogens with two attached hydrogens (primary N) is 1. The van der Waals surface area contributed by atoms with Gasteiger partial charge in [0.25, 0.3) is 5.91 Å². The van der Waals surface area contributed by atoms with E-state index in [1.165, 1.54) is 12.8 Å². The van der Waals surface area contributed by atoms with Crippen molar-refractivity contribution in [2.45, 2.75) is 32.6 Å². The van der Waals surface area contributed by atoms with Gasteiger partial charge in [-0.3, -0.25) is 4.79 Å². The SMILES string of the molecule is Cc1cc(N)cc(C(=O)N2CCCCCC2)c1. The lowest BCUT2D eigenvalue weighted by Gasteiger charge is -2.20. The summed E-state index contributed by atoms with van der Waals surface area (Å²) in [5.74, 6) is 0.127. The van der Waals surface area contributed by atoms with E-state index in [0.717, 1.165) is 37.1 Å². The van der Waals surface area contributed by atoms with Gasteiger partial charge in [-0.15, -0.1) is 0 Å². The van der Waals surface area contributed by atoms with E-state index in [9.17, 15) is 4.79 Å². The number of carbonyl (C=O) groups is 1. The van der Waals surface area contributed by atoms with Crippen molar-refractivity contribution in [2.75, 3.05) is 18.8 Å². The number of benzene rings is 1. The topological polar surface area (TPSA) is 46.3 Å². The molecule has 1 aromatic rings. The van der Waals surface area contributed by atoms with E-state index in [4.69, 9.17) is 5.73 Å². The largest absolute Gasteiger partial charge is 0.399 e. The van der Waals surface area contributed by atoms with Crippen molar-refractivity contribution in [3.63, 3.8) is 0 Å². The summed E-state index contributed by atoms with van der Waals surface area (Å²) in [6, 6.07) is 5.59. The quantitative estimate of drug-likeness (QED) is 0.756. The highest BCUT2D eigenvalue weighted by molar-refractivity contribution is 5.95. The van der Waals surface area contributed by atoms with E-state index < -0.39 is 0 Å². The van der Waals surface area contributed by atoms with Crippen molar-refractivity contribution in [1.29, 1.82) is 0 Å². The van der Waals surface area contributed by atoms with E-state index in [1.807, 2.05) is 24.0 Å². The van der Waals surface area contributed by atoms with Gasteiger partial charge in [-0.05, 0) is 43.5 Å². The summed E-state index contributed by atoms with van der Waals surface area (Å²) in [5.41, 5.74) is 8.23. The molecular formula is C14H20N2O. The fourth-order valence-electron chi connectivity index (χ4n) is 2.39. The molecule has 0 atom stereocenters. The summed E-state index contributed by atoms with van der Waals surface area (Å²) >= 11 is 0. The highest BCUT2D eigenvalue weighted by Crippen LogP contribution is 2.16. The fourth-order valence-corrected chi connectivity index (χ4v) is 2.39. The molecule has 17 heavy (non-hydrogen) atoms. The first-order valence-corrected chi connectivity index (χ1v) is 6.33. The zero-order chi connectivity index (χ0) is 12.3. The van der Waals surface area contributed by atoms with Gasteiger partial charge in [0.05, 0.1) is 0 Å². The van der Waals surface area contributed by atoms with Gasteiger partial charge in [0.2, 0.25) is 0 Å². The van der Waals surface area contributed by atoms with E-state index in [1.54, 1.807) is 6.07 Å². The Balaban J connectivity index is 2.17. The van der Waals surface area contributed by atoms with Crippen LogP contribution in [0.25, 0.3) is 0 Å². The molecule has 1 aliphatic heterocycles. The van der Waals surface area contributed by atoms with Gasteiger partial charge >= 0.3 is 0 Å². The Morgan fingerprint density at radius 1 is 1.12 bits per heavy atom. The lowest BCUT2D eigenvalue weighted by molar-refractivity contribution is 0.0761. The third-order valence-electron chi connectivity index (χ3n) is 3.24. The number of hydrogen-bond acceptors (Lipinski definition) is 2. The average Bonchev–Trinajstić information content (AvgIpc) is 2.55. The first-order valence-electron chi connectivity index (χ1n) is 6.33. The predicted octanol–water partition coefficient (Wildman–Crippen LogP) is 2.59. The van der Waals surface area contributed by atoms with Gasteiger partial charge in [0, 0.05) is 24.3 Å². The second kappa shape index (κ2) is 5.21. The number of hydrogen-bond donors (Lipinski definition) is 1. The minimum atomic E-state index is 0.127. The molecule has 0 aromatic heterocycles. The van der Waals surface area contributed by atoms with Crippen LogP contribution in [0.4, 0.5) is 5.69 Å². The normalized spacial score (nSPS) is 16.6. The summed E-state index contributed by atoms with van der Waals surface area (Å²) in [6.45, 7) is 3.73. The van der Waals surface area contributed by atoms with Crippen LogP contribution >= 0.6 is 0 Å². The maximum Gasteiger partial charge on any atom is 0.253 e. The van der Waals surface area contributed by atoms with Crippen molar-refractivity contribution in [1.82, 2.24) is 4.90 Å². The second-order valence-electron chi connectivity index (χ2n) is 4.84. The third-order valence-corrected chi connectivity index (χ3v) is 3.24. The Morgan fingerprint density at radius 3 is 2.35 bits per heavy atom. The monoisotopic (exact) mass is 232 g/mol. The van der Waals surface area contributed by atoms with Crippen LogP contribution in [-0.2, 0) is 0 Å². The molecular weight excluding hydrogens is 212 g/mol. The molecule has 0 saturated carbocycles. The Bertz CT molecular complexity index is 386. The lowest BCUT2D eigenvalue weighted by Crippen LogP contribution is -2.31. The Labute approximate surface area is 103 Å². The molecule has 1 saturated heterocycles. The average molecular weight is 232 g/mol. The molecule has 0 spiro atoms. The van der Waals surface area contributed by atoms with Crippen molar-refractivity contribution in [2.24, 2.45) is 0 Å². The summed E-state index contributed by atoms with van der Waals surface area (Å²) in [5, 5.41) is 0. The van der Waals surface area contributed by atoms with Crippen LogP contribution in [0, 0.1) is 6.92 Å². The number of amides is 1. The molecule has 1 aromatic carbocycles. The molecule has 1 heterocycles. The molecule has 1 fully saturated rings. The summed E-state index contributed by atoms with van der Waals surface area (Å²) in [7, 11) is 0. The van der Waals surface area contributed by atoms with E-state index in [2.05, 4.69) is 0 Å². The van der Waals surface area contributed by atoms with Gasteiger partial charge in [-0.1, -0.05) is 12.8 Å². The van der Waals surface area contributed by atoms with Crippen molar-refractivity contribution < 1.29 is 4.79 Å². The number of carbonyl (C=O) groups excluding carboxylic acids is 1. The number of likely N-dealkylation sites (tertiary alicyclic amines) is 1. The first kappa shape index (κ1) is 12.0. The van der Waals surface area contributed by atoms with Gasteiger partial charge in [-0.25, -0.2) is 0 Å². The molecule has 1 aliphatic rings. The molecule has 0 radical (unpaired) electrons. The fraction of sp³-hybridized carbons (Fsp3) is 0.500. The third kappa shape index (κ3) is 2.99. The van der Waals surface area contributed by atoms with E-state index in [-0.39, 0.29) is 5.91 Å². The number of nitrogens with zero attached hydrogens (tertiary/aromatic N) is 1. The van der Waals surface area contributed by atoms with E-state index in [0.29, 0.717) is 5.69 Å². The zero-order valence-corrected chi connectivity index (χ0v) is 10.4. The van der Waals surface area contributed by atoms with Crippen molar-refractivity contribution in [3.8, 4) is 0 Å². The number of anilines is 1. The summed E-state index contributed by atoms with van der Waals surface area (Å²) in [4.78, 5) is 14.3. The van der Waals surface area contributed by atoms with Gasteiger partial charge < -0.3 is 10.6 Å². The van der Waals surface area contributed by atoms with Gasteiger partial charge in [-0.2, -0.15) is 0 Å². The minimum Gasteiger partial charge on any atom is -0.399 e. The minimum absolute atomic E-state index is 0.127. The maximum absolute atomic E-state index is 12.3. The van der Waals surface area contributed by atoms with Crippen LogP contribution in [0.15, 0.2) is 18.2 Å². The highest BCUT2D eigenvalue weighted by atomic mass is 16.2. The second-order valence-corrected chi connectivity index (χ2v) is 4.84. The summed E-state index contributed by atoms with van der Waals surface area (Å²) in [6.07, 6.45) is 4.71. The predicted molar refractivity (Wildman–Crippen MR) is 70.0 cm³/mol. The Hall–Kier alpha value is -1.51. The molecule has 0 bridgehead atoms. The summed E-state index contributed by atoms with van der Waals surface area (Å²) < 4.78 is 0. The molecule has 3 heteroatoms. The number of rotatable bonds is 1. The molecule has 1 amide bonds. The Morgan fingerprint density at radius 2 is 1.76 bits per heavy atom. The van der Waals surface area contributed by atoms with Crippen LogP contribution < -0.4 is 5.73 Å². The Kier molecular flexibility index (Phi) is 3.67. The molecule has 2 N–H and O–H groups in total. The lowest BCUT2D eigenvalue weighted by atomic mass is 10.1. The van der Waals surface area contributed by atoms with Crippen LogP contribution in [0.1, 0.15) is 41.6 Å². The van der Waals surface area contributed by atoms with Crippen LogP contribution in [-0.4, -0.2) is 23.9 Å². The molecule has 0 unspecified atom stereocenters. The molecule has 3 nitrogen and oxygen atoms in total. The van der Waals surface area contributed by atoms with E-state index >= 15 is 0 Å². The maximum atomic E-state index is 12.3. The van der Waals surface area contributed by atoms with Gasteiger partial charge in [0.15, 0.2) is 0 Å². The molecule has 2 rings (SSSR count). The number of aryl methyl sites for hydroxylation is 1. The van der Waals surface area contributed by atoms with Crippen LogP contribution in [0.2, 0.25) is 0 Å². The zero-order valence-electron chi connectivity index (χ0n) is 10.4. The van der Waals surface area contributed by atoms with Crippen molar-refractivity contribution in [3.05, 3.63) is 29.3 Å². The van der Waals surface area contributed by atoms with Crippen LogP contribution in [0.3, 0.4) is 0 Å². The van der Waals surface area contributed by atoms with Crippen LogP contribution in [0.5, 0.6) is 0 Å². The standard InChI is InChI=1S/C14H20N2O/c1-11-8-12(10-13(15)9-11)14(17)16-6-4-2-3-5-7-16/h8-10H,2-7,15H2,1H3.